The molecule has 18 heavy (non-hydrogen) atoms. The van der Waals surface area contributed by atoms with E-state index in [-0.39, 0.29) is 12.6 Å². The molecule has 2 unspecified atom stereocenters. The Morgan fingerprint density at radius 2 is 2.00 bits per heavy atom. The molecule has 0 bridgehead atoms. The number of aliphatic hydroxyl groups excluding tert-OH is 1. The molecule has 2 atom stereocenters. The second-order valence-electron chi connectivity index (χ2n) is 5.42. The van der Waals surface area contributed by atoms with Gasteiger partial charge in [0, 0.05) is 32.8 Å². The van der Waals surface area contributed by atoms with Crippen molar-refractivity contribution in [3.8, 4) is 0 Å². The van der Waals surface area contributed by atoms with E-state index in [9.17, 15) is 8.42 Å². The van der Waals surface area contributed by atoms with Crippen molar-refractivity contribution < 1.29 is 13.5 Å². The van der Waals surface area contributed by atoms with Gasteiger partial charge in [-0.15, -0.1) is 0 Å². The number of fused-ring (bicyclic) bond motifs is 1. The van der Waals surface area contributed by atoms with Crippen molar-refractivity contribution >= 4 is 10.2 Å². The molecule has 0 aromatic carbocycles. The molecule has 0 spiro atoms. The lowest BCUT2D eigenvalue weighted by atomic mass is 9.94. The largest absolute Gasteiger partial charge is 0.396 e. The second-order valence-corrected chi connectivity index (χ2v) is 7.41. The average molecular weight is 276 g/mol. The third kappa shape index (κ3) is 2.71. The minimum Gasteiger partial charge on any atom is -0.396 e. The molecule has 1 aliphatic heterocycles. The summed E-state index contributed by atoms with van der Waals surface area (Å²) in [6.45, 7) is 1.09. The van der Waals surface area contributed by atoms with Crippen molar-refractivity contribution in [2.45, 2.75) is 44.6 Å². The van der Waals surface area contributed by atoms with Crippen LogP contribution in [0.2, 0.25) is 0 Å². The van der Waals surface area contributed by atoms with Gasteiger partial charge in [-0.05, 0) is 38.0 Å². The van der Waals surface area contributed by atoms with E-state index in [4.69, 9.17) is 5.11 Å². The Kier molecular flexibility index (Phi) is 4.64. The Morgan fingerprint density at radius 3 is 2.72 bits per heavy atom. The fourth-order valence-electron chi connectivity index (χ4n) is 3.28. The van der Waals surface area contributed by atoms with Crippen LogP contribution in [0.3, 0.4) is 0 Å². The molecule has 0 aromatic rings. The molecule has 1 N–H and O–H groups in total. The number of aliphatic hydroxyl groups is 1. The van der Waals surface area contributed by atoms with E-state index in [0.29, 0.717) is 25.4 Å². The molecule has 1 saturated carbocycles. The van der Waals surface area contributed by atoms with E-state index >= 15 is 0 Å². The Balaban J connectivity index is 2.08. The molecule has 1 saturated heterocycles. The SMILES string of the molecule is CN(CCCO)S(=O)(=O)N1CCCC2CCCC21. The minimum absolute atomic E-state index is 0.0336. The predicted octanol–water partition coefficient (Wildman–Crippen LogP) is 0.810. The molecule has 0 radical (unpaired) electrons. The summed E-state index contributed by atoms with van der Waals surface area (Å²) in [7, 11) is -1.72. The second kappa shape index (κ2) is 5.86. The van der Waals surface area contributed by atoms with E-state index in [2.05, 4.69) is 0 Å². The van der Waals surface area contributed by atoms with Crippen LogP contribution in [-0.2, 0) is 10.2 Å². The first-order chi connectivity index (χ1) is 8.57. The van der Waals surface area contributed by atoms with Crippen LogP contribution in [-0.4, -0.2) is 54.9 Å². The number of hydrogen-bond acceptors (Lipinski definition) is 3. The molecule has 2 fully saturated rings. The van der Waals surface area contributed by atoms with E-state index in [0.717, 1.165) is 19.3 Å². The predicted molar refractivity (Wildman–Crippen MR) is 70.3 cm³/mol. The smallest absolute Gasteiger partial charge is 0.281 e. The highest BCUT2D eigenvalue weighted by Gasteiger charge is 2.41. The van der Waals surface area contributed by atoms with Crippen LogP contribution >= 0.6 is 0 Å². The van der Waals surface area contributed by atoms with Crippen molar-refractivity contribution in [3.05, 3.63) is 0 Å². The molecule has 106 valence electrons. The summed E-state index contributed by atoms with van der Waals surface area (Å²) < 4.78 is 28.1. The van der Waals surface area contributed by atoms with Gasteiger partial charge in [-0.3, -0.25) is 0 Å². The van der Waals surface area contributed by atoms with Gasteiger partial charge < -0.3 is 5.11 Å². The minimum atomic E-state index is -3.33. The van der Waals surface area contributed by atoms with Gasteiger partial charge in [-0.25, -0.2) is 0 Å². The van der Waals surface area contributed by atoms with Crippen LogP contribution in [0.5, 0.6) is 0 Å². The molecule has 6 heteroatoms. The third-order valence-electron chi connectivity index (χ3n) is 4.26. The van der Waals surface area contributed by atoms with E-state index in [1.54, 1.807) is 11.4 Å². The van der Waals surface area contributed by atoms with E-state index in [1.807, 2.05) is 0 Å². The Morgan fingerprint density at radius 1 is 1.28 bits per heavy atom. The van der Waals surface area contributed by atoms with Gasteiger partial charge in [-0.2, -0.15) is 17.0 Å². The van der Waals surface area contributed by atoms with E-state index < -0.39 is 10.2 Å². The lowest BCUT2D eigenvalue weighted by Gasteiger charge is -2.38. The molecule has 0 amide bonds. The van der Waals surface area contributed by atoms with Gasteiger partial charge in [0.05, 0.1) is 0 Å². The van der Waals surface area contributed by atoms with Crippen LogP contribution in [0, 0.1) is 5.92 Å². The standard InChI is InChI=1S/C12H24N2O3S/c1-13(8-4-10-15)18(16,17)14-9-3-6-11-5-2-7-12(11)14/h11-12,15H,2-10H2,1H3. The first-order valence-corrected chi connectivity index (χ1v) is 8.31. The van der Waals surface area contributed by atoms with Crippen LogP contribution < -0.4 is 0 Å². The van der Waals surface area contributed by atoms with Gasteiger partial charge in [0.25, 0.3) is 10.2 Å². The van der Waals surface area contributed by atoms with Gasteiger partial charge in [0.2, 0.25) is 0 Å². The highest BCUT2D eigenvalue weighted by atomic mass is 32.2. The van der Waals surface area contributed by atoms with Gasteiger partial charge in [0.1, 0.15) is 0 Å². The highest BCUT2D eigenvalue weighted by molar-refractivity contribution is 7.86. The van der Waals surface area contributed by atoms with E-state index in [1.165, 1.54) is 17.1 Å². The molecule has 2 aliphatic rings. The Labute approximate surface area is 110 Å². The first kappa shape index (κ1) is 14.2. The van der Waals surface area contributed by atoms with Crippen molar-refractivity contribution in [1.29, 1.82) is 0 Å². The van der Waals surface area contributed by atoms with Crippen molar-refractivity contribution in [1.82, 2.24) is 8.61 Å². The topological polar surface area (TPSA) is 60.9 Å². The van der Waals surface area contributed by atoms with Crippen LogP contribution in [0.4, 0.5) is 0 Å². The molecule has 1 aliphatic carbocycles. The summed E-state index contributed by atoms with van der Waals surface area (Å²) in [5.74, 6) is 0.569. The fourth-order valence-corrected chi connectivity index (χ4v) is 4.98. The number of rotatable bonds is 5. The van der Waals surface area contributed by atoms with Crippen molar-refractivity contribution in [3.63, 3.8) is 0 Å². The average Bonchev–Trinajstić information content (AvgIpc) is 2.83. The van der Waals surface area contributed by atoms with Crippen LogP contribution in [0.1, 0.15) is 38.5 Å². The maximum Gasteiger partial charge on any atom is 0.281 e. The van der Waals surface area contributed by atoms with Gasteiger partial charge in [-0.1, -0.05) is 6.42 Å². The molecule has 1 heterocycles. The number of hydrogen-bond donors (Lipinski definition) is 1. The zero-order valence-corrected chi connectivity index (χ0v) is 11.9. The van der Waals surface area contributed by atoms with Gasteiger partial charge in [0.15, 0.2) is 0 Å². The summed E-state index contributed by atoms with van der Waals surface area (Å²) in [5, 5.41) is 8.81. The lowest BCUT2D eigenvalue weighted by Crippen LogP contribution is -2.51. The normalized spacial score (nSPS) is 29.7. The number of piperidine rings is 1. The monoisotopic (exact) mass is 276 g/mol. The summed E-state index contributed by atoms with van der Waals surface area (Å²) in [4.78, 5) is 0. The van der Waals surface area contributed by atoms with Gasteiger partial charge >= 0.3 is 0 Å². The van der Waals surface area contributed by atoms with Crippen LogP contribution in [0.15, 0.2) is 0 Å². The zero-order chi connectivity index (χ0) is 13.2. The molecular formula is C12H24N2O3S. The maximum atomic E-state index is 12.5. The Bertz CT molecular complexity index is 372. The molecule has 2 rings (SSSR count). The number of nitrogens with zero attached hydrogens (tertiary/aromatic N) is 2. The first-order valence-electron chi connectivity index (χ1n) is 6.91. The summed E-state index contributed by atoms with van der Waals surface area (Å²) in [5.41, 5.74) is 0. The molecule has 5 nitrogen and oxygen atoms in total. The van der Waals surface area contributed by atoms with Crippen molar-refractivity contribution in [2.24, 2.45) is 5.92 Å². The quantitative estimate of drug-likeness (QED) is 0.808. The zero-order valence-electron chi connectivity index (χ0n) is 11.1. The molecular weight excluding hydrogens is 252 g/mol. The van der Waals surface area contributed by atoms with Crippen molar-refractivity contribution in [2.75, 3.05) is 26.7 Å². The summed E-state index contributed by atoms with van der Waals surface area (Å²) in [6, 6.07) is 0.223. The highest BCUT2D eigenvalue weighted by Crippen LogP contribution is 2.38. The fraction of sp³-hybridized carbons (Fsp3) is 1.00. The summed E-state index contributed by atoms with van der Waals surface area (Å²) in [6.07, 6.45) is 6.00. The Hall–Kier alpha value is -0.170. The third-order valence-corrected chi connectivity index (χ3v) is 6.28. The lowest BCUT2D eigenvalue weighted by molar-refractivity contribution is 0.189. The van der Waals surface area contributed by atoms with Crippen LogP contribution in [0.25, 0.3) is 0 Å². The maximum absolute atomic E-state index is 12.5. The summed E-state index contributed by atoms with van der Waals surface area (Å²) >= 11 is 0. The molecule has 0 aromatic heterocycles.